The zero-order valence-electron chi connectivity index (χ0n) is 8.03. The first-order valence-corrected chi connectivity index (χ1v) is 5.24. The lowest BCUT2D eigenvalue weighted by Crippen LogP contribution is -2.02. The molecule has 0 saturated carbocycles. The van der Waals surface area contributed by atoms with Crippen molar-refractivity contribution < 1.29 is 4.74 Å². The van der Waals surface area contributed by atoms with E-state index in [9.17, 15) is 0 Å². The SMILES string of the molecule is ClC1=CCOc2ccc3ccccc3c21. The summed E-state index contributed by atoms with van der Waals surface area (Å²) in [6.07, 6.45) is 1.90. The first kappa shape index (κ1) is 8.81. The molecule has 2 aromatic carbocycles. The van der Waals surface area contributed by atoms with E-state index in [0.29, 0.717) is 6.61 Å². The van der Waals surface area contributed by atoms with Crippen LogP contribution in [0.1, 0.15) is 5.56 Å². The smallest absolute Gasteiger partial charge is 0.129 e. The van der Waals surface area contributed by atoms with Gasteiger partial charge in [0.05, 0.1) is 5.03 Å². The van der Waals surface area contributed by atoms with Crippen LogP contribution in [0.2, 0.25) is 0 Å². The molecule has 0 amide bonds. The van der Waals surface area contributed by atoms with Gasteiger partial charge in [0.25, 0.3) is 0 Å². The van der Waals surface area contributed by atoms with Crippen molar-refractivity contribution in [1.29, 1.82) is 0 Å². The molecule has 0 unspecified atom stereocenters. The molecule has 0 atom stereocenters. The number of benzene rings is 2. The van der Waals surface area contributed by atoms with Gasteiger partial charge in [-0.3, -0.25) is 0 Å². The molecule has 0 radical (unpaired) electrons. The van der Waals surface area contributed by atoms with E-state index in [0.717, 1.165) is 21.7 Å². The fourth-order valence-electron chi connectivity index (χ4n) is 1.92. The highest BCUT2D eigenvalue weighted by Crippen LogP contribution is 2.37. The molecule has 1 aliphatic rings. The Morgan fingerprint density at radius 3 is 2.87 bits per heavy atom. The van der Waals surface area contributed by atoms with Crippen LogP contribution in [0.3, 0.4) is 0 Å². The number of halogens is 1. The van der Waals surface area contributed by atoms with Gasteiger partial charge in [-0.2, -0.15) is 0 Å². The Balaban J connectivity index is 2.43. The van der Waals surface area contributed by atoms with Gasteiger partial charge in [0.1, 0.15) is 12.4 Å². The minimum absolute atomic E-state index is 0.560. The zero-order valence-corrected chi connectivity index (χ0v) is 8.79. The summed E-state index contributed by atoms with van der Waals surface area (Å²) in [4.78, 5) is 0. The predicted molar refractivity (Wildman–Crippen MR) is 63.3 cm³/mol. The first-order chi connectivity index (χ1) is 7.36. The molecule has 2 aromatic rings. The van der Waals surface area contributed by atoms with Gasteiger partial charge in [0.2, 0.25) is 0 Å². The van der Waals surface area contributed by atoms with Crippen molar-refractivity contribution in [2.75, 3.05) is 6.61 Å². The van der Waals surface area contributed by atoms with E-state index >= 15 is 0 Å². The maximum atomic E-state index is 6.21. The third-order valence-electron chi connectivity index (χ3n) is 2.63. The summed E-state index contributed by atoms with van der Waals surface area (Å²) in [5.74, 6) is 0.876. The number of ether oxygens (including phenoxy) is 1. The second-order valence-electron chi connectivity index (χ2n) is 3.52. The van der Waals surface area contributed by atoms with Crippen molar-refractivity contribution in [3.63, 3.8) is 0 Å². The molecule has 1 aliphatic heterocycles. The van der Waals surface area contributed by atoms with Gasteiger partial charge in [-0.25, -0.2) is 0 Å². The first-order valence-electron chi connectivity index (χ1n) is 4.87. The van der Waals surface area contributed by atoms with Crippen LogP contribution in [0.4, 0.5) is 0 Å². The summed E-state index contributed by atoms with van der Waals surface area (Å²) in [5.41, 5.74) is 1.01. The molecule has 15 heavy (non-hydrogen) atoms. The molecule has 2 heteroatoms. The van der Waals surface area contributed by atoms with Crippen molar-refractivity contribution in [1.82, 2.24) is 0 Å². The van der Waals surface area contributed by atoms with Crippen LogP contribution in [0, 0.1) is 0 Å². The lowest BCUT2D eigenvalue weighted by molar-refractivity contribution is 0.359. The Bertz CT molecular complexity index is 557. The highest BCUT2D eigenvalue weighted by molar-refractivity contribution is 6.50. The lowest BCUT2D eigenvalue weighted by atomic mass is 10.0. The van der Waals surface area contributed by atoms with E-state index in [1.165, 1.54) is 5.39 Å². The summed E-state index contributed by atoms with van der Waals surface area (Å²) < 4.78 is 5.54. The molecular formula is C13H9ClO. The Morgan fingerprint density at radius 1 is 1.07 bits per heavy atom. The van der Waals surface area contributed by atoms with Crippen LogP contribution >= 0.6 is 11.6 Å². The van der Waals surface area contributed by atoms with Crippen molar-refractivity contribution in [2.45, 2.75) is 0 Å². The average molecular weight is 217 g/mol. The molecule has 0 fully saturated rings. The van der Waals surface area contributed by atoms with Gasteiger partial charge in [-0.1, -0.05) is 41.9 Å². The van der Waals surface area contributed by atoms with E-state index in [-0.39, 0.29) is 0 Å². The zero-order chi connectivity index (χ0) is 10.3. The van der Waals surface area contributed by atoms with Crippen LogP contribution in [0.15, 0.2) is 42.5 Å². The third-order valence-corrected chi connectivity index (χ3v) is 2.97. The highest BCUT2D eigenvalue weighted by Gasteiger charge is 2.14. The predicted octanol–water partition coefficient (Wildman–Crippen LogP) is 3.81. The summed E-state index contributed by atoms with van der Waals surface area (Å²) in [6.45, 7) is 0.560. The fraction of sp³-hybridized carbons (Fsp3) is 0.0769. The van der Waals surface area contributed by atoms with Gasteiger partial charge in [-0.05, 0) is 22.9 Å². The highest BCUT2D eigenvalue weighted by atomic mass is 35.5. The van der Waals surface area contributed by atoms with E-state index in [1.54, 1.807) is 0 Å². The monoisotopic (exact) mass is 216 g/mol. The molecule has 0 spiro atoms. The van der Waals surface area contributed by atoms with E-state index in [2.05, 4.69) is 18.2 Å². The maximum absolute atomic E-state index is 6.21. The van der Waals surface area contributed by atoms with Crippen LogP contribution in [-0.4, -0.2) is 6.61 Å². The molecule has 1 nitrogen and oxygen atoms in total. The topological polar surface area (TPSA) is 9.23 Å². The Hall–Kier alpha value is -1.47. The van der Waals surface area contributed by atoms with Crippen LogP contribution < -0.4 is 4.74 Å². The van der Waals surface area contributed by atoms with Crippen LogP contribution in [-0.2, 0) is 0 Å². The van der Waals surface area contributed by atoms with Gasteiger partial charge >= 0.3 is 0 Å². The van der Waals surface area contributed by atoms with Crippen LogP contribution in [0.25, 0.3) is 15.8 Å². The van der Waals surface area contributed by atoms with Gasteiger partial charge in [0, 0.05) is 5.56 Å². The quantitative estimate of drug-likeness (QED) is 0.651. The van der Waals surface area contributed by atoms with Crippen molar-refractivity contribution in [3.8, 4) is 5.75 Å². The van der Waals surface area contributed by atoms with E-state index in [4.69, 9.17) is 16.3 Å². The minimum atomic E-state index is 0.560. The second-order valence-corrected chi connectivity index (χ2v) is 3.93. The largest absolute Gasteiger partial charge is 0.489 e. The second kappa shape index (κ2) is 3.28. The summed E-state index contributed by atoms with van der Waals surface area (Å²) in [5, 5.41) is 3.12. The molecule has 74 valence electrons. The van der Waals surface area contributed by atoms with E-state index < -0.39 is 0 Å². The number of hydrogen-bond acceptors (Lipinski definition) is 1. The van der Waals surface area contributed by atoms with Crippen molar-refractivity contribution in [3.05, 3.63) is 48.0 Å². The minimum Gasteiger partial charge on any atom is -0.489 e. The number of fused-ring (bicyclic) bond motifs is 3. The Morgan fingerprint density at radius 2 is 1.93 bits per heavy atom. The molecule has 0 aliphatic carbocycles. The van der Waals surface area contributed by atoms with Crippen LogP contribution in [0.5, 0.6) is 5.75 Å². The fourth-order valence-corrected chi connectivity index (χ4v) is 2.18. The standard InChI is InChI=1S/C13H9ClO/c14-11-7-8-15-12-6-5-9-3-1-2-4-10(9)13(11)12/h1-7H,8H2. The molecular weight excluding hydrogens is 208 g/mol. The Labute approximate surface area is 92.9 Å². The average Bonchev–Trinajstić information content (AvgIpc) is 2.29. The molecule has 0 aromatic heterocycles. The lowest BCUT2D eigenvalue weighted by Gasteiger charge is -2.16. The van der Waals surface area contributed by atoms with E-state index in [1.807, 2.05) is 24.3 Å². The summed E-state index contributed by atoms with van der Waals surface area (Å²) in [7, 11) is 0. The third kappa shape index (κ3) is 1.31. The molecule has 3 rings (SSSR count). The molecule has 0 saturated heterocycles. The normalized spacial score (nSPS) is 14.3. The number of rotatable bonds is 0. The summed E-state index contributed by atoms with van der Waals surface area (Å²) >= 11 is 6.21. The molecule has 1 heterocycles. The van der Waals surface area contributed by atoms with Crippen molar-refractivity contribution >= 4 is 27.4 Å². The maximum Gasteiger partial charge on any atom is 0.129 e. The van der Waals surface area contributed by atoms with Gasteiger partial charge in [0.15, 0.2) is 0 Å². The molecule has 0 N–H and O–H groups in total. The van der Waals surface area contributed by atoms with Gasteiger partial charge < -0.3 is 4.74 Å². The number of hydrogen-bond donors (Lipinski definition) is 0. The Kier molecular flexibility index (Phi) is 1.93. The van der Waals surface area contributed by atoms with Gasteiger partial charge in [-0.15, -0.1) is 0 Å². The molecule has 0 bridgehead atoms. The summed E-state index contributed by atoms with van der Waals surface area (Å²) in [6, 6.07) is 12.2. The van der Waals surface area contributed by atoms with Crippen molar-refractivity contribution in [2.24, 2.45) is 0 Å².